The molecule has 0 aromatic rings. The molecule has 0 spiro atoms. The van der Waals surface area contributed by atoms with Crippen molar-refractivity contribution in [1.29, 1.82) is 0 Å². The van der Waals surface area contributed by atoms with Crippen molar-refractivity contribution in [2.24, 2.45) is 11.7 Å². The number of hydrogen-bond acceptors (Lipinski definition) is 4. The second-order valence-electron chi connectivity index (χ2n) is 6.43. The van der Waals surface area contributed by atoms with Gasteiger partial charge in [0.15, 0.2) is 0 Å². The summed E-state index contributed by atoms with van der Waals surface area (Å²) in [6, 6.07) is -0.108. The maximum atomic E-state index is 11.9. The maximum Gasteiger partial charge on any atom is 0.410 e. The van der Waals surface area contributed by atoms with Crippen LogP contribution in [-0.2, 0) is 4.74 Å². The third-order valence-electron chi connectivity index (χ3n) is 3.45. The lowest BCUT2D eigenvalue weighted by Gasteiger charge is -2.33. The van der Waals surface area contributed by atoms with E-state index in [1.165, 1.54) is 0 Å². The van der Waals surface area contributed by atoms with E-state index in [4.69, 9.17) is 15.6 Å². The van der Waals surface area contributed by atoms with Crippen LogP contribution in [-0.4, -0.2) is 47.4 Å². The number of ether oxygens (including phenoxy) is 1. The summed E-state index contributed by atoms with van der Waals surface area (Å²) < 4.78 is 5.36. The first kappa shape index (κ1) is 16.2. The molecule has 0 unspecified atom stereocenters. The standard InChI is InChI=1S/C14H28N2O3/c1-14(2,3)19-13(18)16-8-6-11(7-9-16)4-5-12(15)10-17/h11-12,17H,4-10,15H2,1-3H3/t12-/m0/s1. The summed E-state index contributed by atoms with van der Waals surface area (Å²) in [6.45, 7) is 7.22. The molecular formula is C14H28N2O3. The van der Waals surface area contributed by atoms with Crippen LogP contribution in [0, 0.1) is 5.92 Å². The van der Waals surface area contributed by atoms with E-state index in [0.717, 1.165) is 38.8 Å². The van der Waals surface area contributed by atoms with Crippen LogP contribution in [0.5, 0.6) is 0 Å². The molecule has 0 saturated carbocycles. The molecule has 0 aliphatic carbocycles. The van der Waals surface area contributed by atoms with Crippen LogP contribution in [0.2, 0.25) is 0 Å². The van der Waals surface area contributed by atoms with Gasteiger partial charge in [0.2, 0.25) is 0 Å². The topological polar surface area (TPSA) is 75.8 Å². The highest BCUT2D eigenvalue weighted by Gasteiger charge is 2.26. The highest BCUT2D eigenvalue weighted by Crippen LogP contribution is 2.23. The number of amides is 1. The number of nitrogens with zero attached hydrogens (tertiary/aromatic N) is 1. The zero-order valence-electron chi connectivity index (χ0n) is 12.4. The number of rotatable bonds is 4. The van der Waals surface area contributed by atoms with Gasteiger partial charge in [0.1, 0.15) is 5.60 Å². The van der Waals surface area contributed by atoms with Gasteiger partial charge in [0, 0.05) is 19.1 Å². The lowest BCUT2D eigenvalue weighted by molar-refractivity contribution is 0.0179. The molecule has 1 saturated heterocycles. The minimum atomic E-state index is -0.429. The Hall–Kier alpha value is -0.810. The van der Waals surface area contributed by atoms with Crippen molar-refractivity contribution in [3.8, 4) is 0 Å². The van der Waals surface area contributed by atoms with Crippen LogP contribution in [0.4, 0.5) is 4.79 Å². The zero-order chi connectivity index (χ0) is 14.5. The van der Waals surface area contributed by atoms with Crippen molar-refractivity contribution < 1.29 is 14.6 Å². The number of hydrogen-bond donors (Lipinski definition) is 2. The van der Waals surface area contributed by atoms with Crippen molar-refractivity contribution in [2.75, 3.05) is 19.7 Å². The average Bonchev–Trinajstić information content (AvgIpc) is 2.34. The van der Waals surface area contributed by atoms with E-state index in [1.54, 1.807) is 4.90 Å². The van der Waals surface area contributed by atoms with Gasteiger partial charge in [-0.25, -0.2) is 4.79 Å². The third kappa shape index (κ3) is 6.25. The van der Waals surface area contributed by atoms with E-state index in [9.17, 15) is 4.79 Å². The van der Waals surface area contributed by atoms with Gasteiger partial charge in [0.05, 0.1) is 6.61 Å². The summed E-state index contributed by atoms with van der Waals surface area (Å²) in [7, 11) is 0. The Labute approximate surface area is 116 Å². The Morgan fingerprint density at radius 1 is 1.42 bits per heavy atom. The number of carbonyl (C=O) groups is 1. The highest BCUT2D eigenvalue weighted by molar-refractivity contribution is 5.68. The highest BCUT2D eigenvalue weighted by atomic mass is 16.6. The third-order valence-corrected chi connectivity index (χ3v) is 3.45. The Kier molecular flexibility index (Phi) is 6.07. The van der Waals surface area contributed by atoms with E-state index in [-0.39, 0.29) is 18.7 Å². The molecule has 0 radical (unpaired) electrons. The fourth-order valence-corrected chi connectivity index (χ4v) is 2.27. The van der Waals surface area contributed by atoms with Crippen molar-refractivity contribution in [2.45, 2.75) is 58.1 Å². The molecule has 1 fully saturated rings. The smallest absolute Gasteiger partial charge is 0.410 e. The monoisotopic (exact) mass is 272 g/mol. The van der Waals surface area contributed by atoms with Crippen LogP contribution in [0.25, 0.3) is 0 Å². The molecule has 1 aliphatic rings. The molecule has 0 bridgehead atoms. The molecular weight excluding hydrogens is 244 g/mol. The number of piperidine rings is 1. The molecule has 112 valence electrons. The lowest BCUT2D eigenvalue weighted by atomic mass is 9.91. The Balaban J connectivity index is 2.27. The predicted molar refractivity (Wildman–Crippen MR) is 74.8 cm³/mol. The Bertz CT molecular complexity index is 281. The van der Waals surface area contributed by atoms with Crippen LogP contribution in [0.1, 0.15) is 46.5 Å². The van der Waals surface area contributed by atoms with Crippen molar-refractivity contribution >= 4 is 6.09 Å². The van der Waals surface area contributed by atoms with Crippen LogP contribution >= 0.6 is 0 Å². The fourth-order valence-electron chi connectivity index (χ4n) is 2.27. The second-order valence-corrected chi connectivity index (χ2v) is 6.43. The number of aliphatic hydroxyl groups excluding tert-OH is 1. The van der Waals surface area contributed by atoms with Gasteiger partial charge in [-0.3, -0.25) is 0 Å². The Morgan fingerprint density at radius 3 is 2.47 bits per heavy atom. The second kappa shape index (κ2) is 7.10. The van der Waals surface area contributed by atoms with Gasteiger partial charge in [-0.2, -0.15) is 0 Å². The molecule has 1 atom stereocenters. The van der Waals surface area contributed by atoms with Gasteiger partial charge >= 0.3 is 6.09 Å². The molecule has 0 aromatic carbocycles. The van der Waals surface area contributed by atoms with E-state index >= 15 is 0 Å². The molecule has 5 nitrogen and oxygen atoms in total. The SMILES string of the molecule is CC(C)(C)OC(=O)N1CCC(CC[C@H](N)CO)CC1. The summed E-state index contributed by atoms with van der Waals surface area (Å²) >= 11 is 0. The number of carbonyl (C=O) groups excluding carboxylic acids is 1. The molecule has 3 N–H and O–H groups in total. The van der Waals surface area contributed by atoms with Gasteiger partial charge in [-0.15, -0.1) is 0 Å². The largest absolute Gasteiger partial charge is 0.444 e. The first-order chi connectivity index (χ1) is 8.81. The molecule has 0 aromatic heterocycles. The minimum Gasteiger partial charge on any atom is -0.444 e. The van der Waals surface area contributed by atoms with E-state index in [0.29, 0.717) is 5.92 Å². The van der Waals surface area contributed by atoms with Gasteiger partial charge in [-0.1, -0.05) is 0 Å². The van der Waals surface area contributed by atoms with Gasteiger partial charge < -0.3 is 20.5 Å². The number of aliphatic hydroxyl groups is 1. The molecule has 1 amide bonds. The summed E-state index contributed by atoms with van der Waals surface area (Å²) in [5.74, 6) is 0.608. The Morgan fingerprint density at radius 2 is 2.00 bits per heavy atom. The zero-order valence-corrected chi connectivity index (χ0v) is 12.4. The van der Waals surface area contributed by atoms with Crippen LogP contribution in [0.3, 0.4) is 0 Å². The lowest BCUT2D eigenvalue weighted by Crippen LogP contribution is -2.42. The van der Waals surface area contributed by atoms with E-state index in [2.05, 4.69) is 0 Å². The number of nitrogens with two attached hydrogens (primary N) is 1. The van der Waals surface area contributed by atoms with Crippen molar-refractivity contribution in [3.05, 3.63) is 0 Å². The molecule has 1 rings (SSSR count). The normalized spacial score (nSPS) is 19.3. The van der Waals surface area contributed by atoms with Crippen molar-refractivity contribution in [3.63, 3.8) is 0 Å². The van der Waals surface area contributed by atoms with E-state index < -0.39 is 5.60 Å². The minimum absolute atomic E-state index is 0.0523. The molecule has 1 heterocycles. The van der Waals surface area contributed by atoms with E-state index in [1.807, 2.05) is 20.8 Å². The first-order valence-corrected chi connectivity index (χ1v) is 7.16. The number of likely N-dealkylation sites (tertiary alicyclic amines) is 1. The fraction of sp³-hybridized carbons (Fsp3) is 0.929. The summed E-state index contributed by atoms with van der Waals surface area (Å²) in [6.07, 6.45) is 3.67. The van der Waals surface area contributed by atoms with Crippen LogP contribution in [0.15, 0.2) is 0 Å². The molecule has 19 heavy (non-hydrogen) atoms. The van der Waals surface area contributed by atoms with Crippen molar-refractivity contribution in [1.82, 2.24) is 4.90 Å². The molecule has 5 heteroatoms. The maximum absolute atomic E-state index is 11.9. The molecule has 1 aliphatic heterocycles. The summed E-state index contributed by atoms with van der Waals surface area (Å²) in [5, 5.41) is 8.89. The van der Waals surface area contributed by atoms with Crippen LogP contribution < -0.4 is 5.73 Å². The predicted octanol–water partition coefficient (Wildman–Crippen LogP) is 1.73. The quantitative estimate of drug-likeness (QED) is 0.817. The van der Waals surface area contributed by atoms with Gasteiger partial charge in [0.25, 0.3) is 0 Å². The first-order valence-electron chi connectivity index (χ1n) is 7.16. The summed E-state index contributed by atoms with van der Waals surface area (Å²) in [4.78, 5) is 13.7. The summed E-state index contributed by atoms with van der Waals surface area (Å²) in [5.41, 5.74) is 5.27. The van der Waals surface area contributed by atoms with Gasteiger partial charge in [-0.05, 0) is 52.4 Å². The average molecular weight is 272 g/mol.